The molecule has 2 rings (SSSR count). The Kier molecular flexibility index (Phi) is 5.21. The highest BCUT2D eigenvalue weighted by atomic mass is 79.9. The summed E-state index contributed by atoms with van der Waals surface area (Å²) in [7, 11) is 1.65. The molecule has 1 aromatic heterocycles. The Labute approximate surface area is 129 Å². The summed E-state index contributed by atoms with van der Waals surface area (Å²) >= 11 is 15.3. The Morgan fingerprint density at radius 1 is 1.37 bits per heavy atom. The maximum absolute atomic E-state index is 6.11. The number of ether oxygens (including phenoxy) is 1. The molecular weight excluding hydrogens is 353 g/mol. The Balaban J connectivity index is 2.42. The van der Waals surface area contributed by atoms with Gasteiger partial charge in [-0.1, -0.05) is 11.6 Å². The first-order valence-corrected chi connectivity index (χ1v) is 7.30. The minimum absolute atomic E-state index is 0.307. The van der Waals surface area contributed by atoms with Crippen molar-refractivity contribution in [1.82, 2.24) is 14.8 Å². The summed E-state index contributed by atoms with van der Waals surface area (Å²) in [5, 5.41) is 8.90. The van der Waals surface area contributed by atoms with Gasteiger partial charge in [-0.15, -0.1) is 21.8 Å². The zero-order valence-electron chi connectivity index (χ0n) is 10.2. The standard InChI is InChI=1S/C12H12BrCl2N3O/c1-19-5-4-18-11(7-14)16-17-12(18)8-2-3-9(13)10(15)6-8/h2-3,6H,4-5,7H2,1H3. The lowest BCUT2D eigenvalue weighted by molar-refractivity contribution is 0.187. The molecule has 102 valence electrons. The Bertz CT molecular complexity index is 574. The van der Waals surface area contributed by atoms with E-state index >= 15 is 0 Å². The minimum Gasteiger partial charge on any atom is -0.383 e. The number of halogens is 3. The van der Waals surface area contributed by atoms with Gasteiger partial charge in [0.2, 0.25) is 0 Å². The van der Waals surface area contributed by atoms with E-state index in [1.807, 2.05) is 22.8 Å². The second-order valence-corrected chi connectivity index (χ2v) is 5.38. The lowest BCUT2D eigenvalue weighted by Crippen LogP contribution is -2.09. The molecule has 7 heteroatoms. The van der Waals surface area contributed by atoms with Crippen molar-refractivity contribution in [3.8, 4) is 11.4 Å². The quantitative estimate of drug-likeness (QED) is 0.758. The molecule has 2 aromatic rings. The second-order valence-electron chi connectivity index (χ2n) is 3.85. The summed E-state index contributed by atoms with van der Waals surface area (Å²) in [6.07, 6.45) is 0. The molecule has 0 radical (unpaired) electrons. The lowest BCUT2D eigenvalue weighted by Gasteiger charge is -2.09. The molecule has 1 aromatic carbocycles. The van der Waals surface area contributed by atoms with Crippen molar-refractivity contribution in [2.45, 2.75) is 12.4 Å². The third kappa shape index (κ3) is 3.28. The van der Waals surface area contributed by atoms with Crippen molar-refractivity contribution in [3.05, 3.63) is 33.5 Å². The van der Waals surface area contributed by atoms with Crippen LogP contribution < -0.4 is 0 Å². The third-order valence-corrected chi connectivity index (χ3v) is 4.12. The molecule has 0 amide bonds. The van der Waals surface area contributed by atoms with Crippen LogP contribution in [0.2, 0.25) is 5.02 Å². The average molecular weight is 365 g/mol. The summed E-state index contributed by atoms with van der Waals surface area (Å²) in [6, 6.07) is 5.66. The van der Waals surface area contributed by atoms with Crippen LogP contribution in [0.15, 0.2) is 22.7 Å². The van der Waals surface area contributed by atoms with E-state index in [0.717, 1.165) is 15.9 Å². The van der Waals surface area contributed by atoms with E-state index in [9.17, 15) is 0 Å². The molecule has 0 aliphatic carbocycles. The molecular formula is C12H12BrCl2N3O. The van der Waals surface area contributed by atoms with E-state index in [-0.39, 0.29) is 0 Å². The lowest BCUT2D eigenvalue weighted by atomic mass is 10.2. The van der Waals surface area contributed by atoms with Gasteiger partial charge < -0.3 is 9.30 Å². The van der Waals surface area contributed by atoms with Crippen molar-refractivity contribution in [3.63, 3.8) is 0 Å². The zero-order chi connectivity index (χ0) is 13.8. The molecule has 0 unspecified atom stereocenters. The highest BCUT2D eigenvalue weighted by Gasteiger charge is 2.13. The first-order valence-electron chi connectivity index (χ1n) is 5.59. The van der Waals surface area contributed by atoms with Gasteiger partial charge in [0.25, 0.3) is 0 Å². The monoisotopic (exact) mass is 363 g/mol. The van der Waals surface area contributed by atoms with Crippen molar-refractivity contribution in [2.75, 3.05) is 13.7 Å². The predicted octanol–water partition coefficient (Wildman–Crippen LogP) is 3.75. The highest BCUT2D eigenvalue weighted by Crippen LogP contribution is 2.28. The van der Waals surface area contributed by atoms with Crippen molar-refractivity contribution < 1.29 is 4.74 Å². The van der Waals surface area contributed by atoms with Crippen molar-refractivity contribution in [1.29, 1.82) is 0 Å². The number of hydrogen-bond donors (Lipinski definition) is 0. The van der Waals surface area contributed by atoms with E-state index in [4.69, 9.17) is 27.9 Å². The third-order valence-electron chi connectivity index (χ3n) is 2.64. The molecule has 0 saturated heterocycles. The van der Waals surface area contributed by atoms with Gasteiger partial charge in [-0.2, -0.15) is 0 Å². The van der Waals surface area contributed by atoms with Gasteiger partial charge in [-0.05, 0) is 34.1 Å². The minimum atomic E-state index is 0.307. The van der Waals surface area contributed by atoms with E-state index < -0.39 is 0 Å². The van der Waals surface area contributed by atoms with Crippen LogP contribution in [0, 0.1) is 0 Å². The van der Waals surface area contributed by atoms with Gasteiger partial charge >= 0.3 is 0 Å². The fourth-order valence-electron chi connectivity index (χ4n) is 1.70. The van der Waals surface area contributed by atoms with Crippen LogP contribution in [0.5, 0.6) is 0 Å². The Morgan fingerprint density at radius 3 is 2.79 bits per heavy atom. The molecule has 0 atom stereocenters. The van der Waals surface area contributed by atoms with Crippen LogP contribution >= 0.6 is 39.1 Å². The fraction of sp³-hybridized carbons (Fsp3) is 0.333. The Morgan fingerprint density at radius 2 is 2.16 bits per heavy atom. The first kappa shape index (κ1) is 14.8. The van der Waals surface area contributed by atoms with Gasteiger partial charge in [0.15, 0.2) is 5.82 Å². The smallest absolute Gasteiger partial charge is 0.164 e. The summed E-state index contributed by atoms with van der Waals surface area (Å²) in [6.45, 7) is 1.22. The summed E-state index contributed by atoms with van der Waals surface area (Å²) in [4.78, 5) is 0. The SMILES string of the molecule is COCCn1c(CCl)nnc1-c1ccc(Br)c(Cl)c1. The van der Waals surface area contributed by atoms with Crippen LogP contribution in [0.3, 0.4) is 0 Å². The number of aromatic nitrogens is 3. The molecule has 4 nitrogen and oxygen atoms in total. The Hall–Kier alpha value is -0.620. The van der Waals surface area contributed by atoms with Crippen LogP contribution in [0.25, 0.3) is 11.4 Å². The van der Waals surface area contributed by atoms with E-state index in [1.54, 1.807) is 7.11 Å². The zero-order valence-corrected chi connectivity index (χ0v) is 13.3. The van der Waals surface area contributed by atoms with Gasteiger partial charge in [0.05, 0.1) is 17.5 Å². The van der Waals surface area contributed by atoms with Crippen LogP contribution in [0.4, 0.5) is 0 Å². The number of alkyl halides is 1. The molecule has 0 fully saturated rings. The maximum Gasteiger partial charge on any atom is 0.164 e. The van der Waals surface area contributed by atoms with Crippen LogP contribution in [-0.4, -0.2) is 28.5 Å². The van der Waals surface area contributed by atoms with E-state index in [1.165, 1.54) is 0 Å². The molecule has 0 saturated carbocycles. The number of nitrogens with zero attached hydrogens (tertiary/aromatic N) is 3. The second kappa shape index (κ2) is 6.70. The van der Waals surface area contributed by atoms with Gasteiger partial charge in [-0.3, -0.25) is 0 Å². The number of hydrogen-bond acceptors (Lipinski definition) is 3. The van der Waals surface area contributed by atoms with Crippen LogP contribution in [-0.2, 0) is 17.2 Å². The molecule has 0 bridgehead atoms. The predicted molar refractivity (Wildman–Crippen MR) is 79.6 cm³/mol. The van der Waals surface area contributed by atoms with E-state index in [2.05, 4.69) is 26.1 Å². The molecule has 19 heavy (non-hydrogen) atoms. The summed E-state index contributed by atoms with van der Waals surface area (Å²) < 4.78 is 7.88. The van der Waals surface area contributed by atoms with Crippen LogP contribution in [0.1, 0.15) is 5.82 Å². The van der Waals surface area contributed by atoms with E-state index in [0.29, 0.717) is 29.9 Å². The normalized spacial score (nSPS) is 10.9. The number of methoxy groups -OCH3 is 1. The largest absolute Gasteiger partial charge is 0.383 e. The summed E-state index contributed by atoms with van der Waals surface area (Å²) in [5.41, 5.74) is 0.896. The first-order chi connectivity index (χ1) is 9.17. The summed E-state index contributed by atoms with van der Waals surface area (Å²) in [5.74, 6) is 1.76. The molecule has 0 spiro atoms. The molecule has 0 N–H and O–H groups in total. The molecule has 0 aliphatic heterocycles. The van der Waals surface area contributed by atoms with Gasteiger partial charge in [0, 0.05) is 23.7 Å². The van der Waals surface area contributed by atoms with Gasteiger partial charge in [0.1, 0.15) is 5.82 Å². The highest BCUT2D eigenvalue weighted by molar-refractivity contribution is 9.10. The average Bonchev–Trinajstić information content (AvgIpc) is 2.82. The number of benzene rings is 1. The van der Waals surface area contributed by atoms with Crippen molar-refractivity contribution >= 4 is 39.1 Å². The topological polar surface area (TPSA) is 39.9 Å². The number of rotatable bonds is 5. The molecule has 1 heterocycles. The fourth-order valence-corrected chi connectivity index (χ4v) is 2.33. The molecule has 0 aliphatic rings. The van der Waals surface area contributed by atoms with Crippen molar-refractivity contribution in [2.24, 2.45) is 0 Å². The van der Waals surface area contributed by atoms with Gasteiger partial charge in [-0.25, -0.2) is 0 Å². The maximum atomic E-state index is 6.11.